The number of thioether (sulfide) groups is 1. The molecule has 144 valence electrons. The number of methoxy groups -OCH3 is 1. The third-order valence-corrected chi connectivity index (χ3v) is 5.56. The van der Waals surface area contributed by atoms with Crippen LogP contribution < -0.4 is 15.4 Å². The molecule has 0 saturated heterocycles. The van der Waals surface area contributed by atoms with Crippen molar-refractivity contribution >= 4 is 45.7 Å². The number of nitrogens with one attached hydrogen (secondary N) is 2. The lowest BCUT2D eigenvalue weighted by Gasteiger charge is -2.04. The minimum atomic E-state index is -0.302. The molecule has 2 N–H and O–H groups in total. The minimum Gasteiger partial charge on any atom is -0.497 e. The minimum absolute atomic E-state index is 0.132. The second-order valence-electron chi connectivity index (χ2n) is 5.77. The summed E-state index contributed by atoms with van der Waals surface area (Å²) in [4.78, 5) is 24.4. The standard InChI is InChI=1S/C19H18N4O3S2/c1-12-5-3-7-14(9-12)20-16(24)11-27-19-23-22-18(28-19)21-17(25)13-6-4-8-15(10-13)26-2/h3-10H,11H2,1-2H3,(H,20,24)(H,21,22,25). The van der Waals surface area contributed by atoms with Crippen molar-refractivity contribution in [2.45, 2.75) is 11.3 Å². The van der Waals surface area contributed by atoms with E-state index in [2.05, 4.69) is 20.8 Å². The Morgan fingerprint density at radius 1 is 1.11 bits per heavy atom. The third kappa shape index (κ3) is 5.54. The van der Waals surface area contributed by atoms with Crippen LogP contribution in [0.15, 0.2) is 52.9 Å². The van der Waals surface area contributed by atoms with Crippen LogP contribution >= 0.6 is 23.1 Å². The zero-order chi connectivity index (χ0) is 19.9. The number of carbonyl (C=O) groups excluding carboxylic acids is 2. The number of aromatic nitrogens is 2. The highest BCUT2D eigenvalue weighted by Crippen LogP contribution is 2.26. The largest absolute Gasteiger partial charge is 0.497 e. The number of amides is 2. The molecule has 2 aromatic carbocycles. The number of nitrogens with zero attached hydrogens (tertiary/aromatic N) is 2. The fourth-order valence-electron chi connectivity index (χ4n) is 2.30. The van der Waals surface area contributed by atoms with E-state index in [1.54, 1.807) is 31.4 Å². The van der Waals surface area contributed by atoms with Gasteiger partial charge in [0.05, 0.1) is 12.9 Å². The fourth-order valence-corrected chi connectivity index (χ4v) is 3.85. The molecule has 0 spiro atoms. The number of rotatable bonds is 7. The Balaban J connectivity index is 1.52. The fraction of sp³-hybridized carbons (Fsp3) is 0.158. The Bertz CT molecular complexity index is 991. The molecule has 1 heterocycles. The number of aryl methyl sites for hydroxylation is 1. The molecular weight excluding hydrogens is 396 g/mol. The Hall–Kier alpha value is -2.91. The van der Waals surface area contributed by atoms with Crippen molar-refractivity contribution < 1.29 is 14.3 Å². The van der Waals surface area contributed by atoms with E-state index in [0.29, 0.717) is 20.8 Å². The van der Waals surface area contributed by atoms with Crippen molar-refractivity contribution in [2.24, 2.45) is 0 Å². The second kappa shape index (κ2) is 9.34. The summed E-state index contributed by atoms with van der Waals surface area (Å²) in [6, 6.07) is 14.4. The van der Waals surface area contributed by atoms with Crippen LogP contribution in [0, 0.1) is 6.92 Å². The van der Waals surface area contributed by atoms with Gasteiger partial charge in [-0.3, -0.25) is 14.9 Å². The predicted octanol–water partition coefficient (Wildman–Crippen LogP) is 3.84. The molecule has 0 atom stereocenters. The molecule has 0 unspecified atom stereocenters. The van der Waals surface area contributed by atoms with Gasteiger partial charge in [-0.05, 0) is 42.8 Å². The lowest BCUT2D eigenvalue weighted by atomic mass is 10.2. The Morgan fingerprint density at radius 3 is 2.71 bits per heavy atom. The van der Waals surface area contributed by atoms with Gasteiger partial charge in [-0.2, -0.15) is 0 Å². The summed E-state index contributed by atoms with van der Waals surface area (Å²) in [5.41, 5.74) is 2.29. The van der Waals surface area contributed by atoms with Crippen LogP contribution in [0.5, 0.6) is 5.75 Å². The topological polar surface area (TPSA) is 93.2 Å². The summed E-state index contributed by atoms with van der Waals surface area (Å²) in [7, 11) is 1.54. The van der Waals surface area contributed by atoms with Gasteiger partial charge in [0, 0.05) is 11.3 Å². The van der Waals surface area contributed by atoms with E-state index in [9.17, 15) is 9.59 Å². The molecule has 1 aromatic heterocycles. The molecule has 3 rings (SSSR count). The van der Waals surface area contributed by atoms with Crippen molar-refractivity contribution in [3.05, 3.63) is 59.7 Å². The first-order chi connectivity index (χ1) is 13.5. The third-order valence-electron chi connectivity index (χ3n) is 3.59. The van der Waals surface area contributed by atoms with Gasteiger partial charge in [0.25, 0.3) is 5.91 Å². The first-order valence-corrected chi connectivity index (χ1v) is 10.1. The molecule has 2 amide bonds. The van der Waals surface area contributed by atoms with E-state index in [1.165, 1.54) is 23.1 Å². The number of hydrogen-bond acceptors (Lipinski definition) is 7. The summed E-state index contributed by atoms with van der Waals surface area (Å²) < 4.78 is 5.71. The Kier molecular flexibility index (Phi) is 6.62. The first-order valence-electron chi connectivity index (χ1n) is 8.32. The number of carbonyl (C=O) groups is 2. The summed E-state index contributed by atoms with van der Waals surface area (Å²) >= 11 is 2.48. The molecule has 0 radical (unpaired) electrons. The lowest BCUT2D eigenvalue weighted by Crippen LogP contribution is -2.13. The molecule has 0 bridgehead atoms. The maximum atomic E-state index is 12.3. The van der Waals surface area contributed by atoms with Crippen LogP contribution in [0.1, 0.15) is 15.9 Å². The molecular formula is C19H18N4O3S2. The van der Waals surface area contributed by atoms with E-state index in [4.69, 9.17) is 4.74 Å². The maximum absolute atomic E-state index is 12.3. The SMILES string of the molecule is COc1cccc(C(=O)Nc2nnc(SCC(=O)Nc3cccc(C)c3)s2)c1. The molecule has 0 aliphatic carbocycles. The summed E-state index contributed by atoms with van der Waals surface area (Å²) in [5.74, 6) is 0.365. The number of anilines is 2. The lowest BCUT2D eigenvalue weighted by molar-refractivity contribution is -0.113. The van der Waals surface area contributed by atoms with Crippen molar-refractivity contribution in [1.29, 1.82) is 0 Å². The molecule has 3 aromatic rings. The summed E-state index contributed by atoms with van der Waals surface area (Å²) in [6.45, 7) is 1.97. The maximum Gasteiger partial charge on any atom is 0.257 e. The van der Waals surface area contributed by atoms with Gasteiger partial charge >= 0.3 is 0 Å². The highest BCUT2D eigenvalue weighted by atomic mass is 32.2. The number of hydrogen-bond donors (Lipinski definition) is 2. The van der Waals surface area contributed by atoms with E-state index >= 15 is 0 Å². The smallest absolute Gasteiger partial charge is 0.257 e. The predicted molar refractivity (Wildman–Crippen MR) is 111 cm³/mol. The average molecular weight is 415 g/mol. The quantitative estimate of drug-likeness (QED) is 0.451. The highest BCUT2D eigenvalue weighted by Gasteiger charge is 2.12. The van der Waals surface area contributed by atoms with Crippen molar-refractivity contribution in [2.75, 3.05) is 23.5 Å². The van der Waals surface area contributed by atoms with Crippen molar-refractivity contribution in [3.63, 3.8) is 0 Å². The van der Waals surface area contributed by atoms with Gasteiger partial charge in [-0.1, -0.05) is 41.3 Å². The summed E-state index contributed by atoms with van der Waals surface area (Å²) in [6.07, 6.45) is 0. The Morgan fingerprint density at radius 2 is 1.93 bits per heavy atom. The molecule has 0 fully saturated rings. The average Bonchev–Trinajstić information content (AvgIpc) is 3.14. The molecule has 0 saturated carbocycles. The van der Waals surface area contributed by atoms with Gasteiger partial charge in [-0.15, -0.1) is 10.2 Å². The zero-order valence-electron chi connectivity index (χ0n) is 15.3. The van der Waals surface area contributed by atoms with Crippen LogP contribution in [0.25, 0.3) is 0 Å². The molecule has 0 aliphatic rings. The van der Waals surface area contributed by atoms with Gasteiger partial charge in [0.1, 0.15) is 5.75 Å². The zero-order valence-corrected chi connectivity index (χ0v) is 16.9. The van der Waals surface area contributed by atoms with Crippen molar-refractivity contribution in [3.8, 4) is 5.75 Å². The van der Waals surface area contributed by atoms with Crippen LogP contribution in [0.2, 0.25) is 0 Å². The monoisotopic (exact) mass is 414 g/mol. The van der Waals surface area contributed by atoms with Gasteiger partial charge in [-0.25, -0.2) is 0 Å². The second-order valence-corrected chi connectivity index (χ2v) is 7.97. The van der Waals surface area contributed by atoms with E-state index in [0.717, 1.165) is 11.3 Å². The van der Waals surface area contributed by atoms with Crippen LogP contribution in [0.4, 0.5) is 10.8 Å². The van der Waals surface area contributed by atoms with E-state index in [1.807, 2.05) is 31.2 Å². The number of ether oxygens (including phenoxy) is 1. The molecule has 0 aliphatic heterocycles. The summed E-state index contributed by atoms with van der Waals surface area (Å²) in [5, 5.41) is 13.9. The molecule has 28 heavy (non-hydrogen) atoms. The van der Waals surface area contributed by atoms with Crippen LogP contribution in [0.3, 0.4) is 0 Å². The highest BCUT2D eigenvalue weighted by molar-refractivity contribution is 8.01. The van der Waals surface area contributed by atoms with Gasteiger partial charge in [0.2, 0.25) is 11.0 Å². The first kappa shape index (κ1) is 19.8. The Labute approximate surface area is 170 Å². The molecule has 9 heteroatoms. The van der Waals surface area contributed by atoms with Crippen LogP contribution in [-0.4, -0.2) is 34.9 Å². The number of benzene rings is 2. The van der Waals surface area contributed by atoms with E-state index in [-0.39, 0.29) is 17.6 Å². The van der Waals surface area contributed by atoms with Gasteiger partial charge < -0.3 is 10.1 Å². The van der Waals surface area contributed by atoms with Crippen molar-refractivity contribution in [1.82, 2.24) is 10.2 Å². The van der Waals surface area contributed by atoms with E-state index < -0.39 is 0 Å². The van der Waals surface area contributed by atoms with Crippen LogP contribution in [-0.2, 0) is 4.79 Å². The normalized spacial score (nSPS) is 10.4. The van der Waals surface area contributed by atoms with Gasteiger partial charge in [0.15, 0.2) is 4.34 Å². The molecule has 7 nitrogen and oxygen atoms in total.